The van der Waals surface area contributed by atoms with Crippen LogP contribution >= 0.6 is 11.8 Å². The summed E-state index contributed by atoms with van der Waals surface area (Å²) in [4.78, 5) is 25.3. The number of benzene rings is 3. The first kappa shape index (κ1) is 24.2. The van der Waals surface area contributed by atoms with E-state index in [1.165, 1.54) is 11.8 Å². The Bertz CT molecular complexity index is 1380. The number of nitrogens with one attached hydrogen (secondary N) is 2. The molecule has 0 aliphatic rings. The minimum atomic E-state index is -0.379. The minimum Gasteiger partial charge on any atom is -0.342 e. The molecule has 4 rings (SSSR count). The predicted octanol–water partition coefficient (Wildman–Crippen LogP) is 5.15. The van der Waals surface area contributed by atoms with Crippen LogP contribution < -0.4 is 10.6 Å². The highest BCUT2D eigenvalue weighted by Crippen LogP contribution is 2.23. The molecule has 35 heavy (non-hydrogen) atoms. The van der Waals surface area contributed by atoms with E-state index >= 15 is 0 Å². The van der Waals surface area contributed by atoms with Crippen LogP contribution in [-0.4, -0.2) is 32.3 Å². The lowest BCUT2D eigenvalue weighted by molar-refractivity contribution is -0.113. The number of aryl methyl sites for hydroxylation is 1. The van der Waals surface area contributed by atoms with E-state index in [1.807, 2.05) is 79.1 Å². The van der Waals surface area contributed by atoms with Crippen molar-refractivity contribution in [2.24, 2.45) is 0 Å². The topological polar surface area (TPSA) is 88.9 Å². The molecule has 0 aliphatic heterocycles. The molecule has 0 bridgehead atoms. The zero-order valence-corrected chi connectivity index (χ0v) is 20.5. The number of hydrogen-bond donors (Lipinski definition) is 2. The smallest absolute Gasteiger partial charge is 0.252 e. The summed E-state index contributed by atoms with van der Waals surface area (Å²) in [5, 5.41) is 17.3. The number of rotatable bonds is 9. The minimum absolute atomic E-state index is 0.138. The molecule has 4 aromatic rings. The first-order valence-corrected chi connectivity index (χ1v) is 12.3. The third-order valence-corrected chi connectivity index (χ3v) is 6.51. The van der Waals surface area contributed by atoms with E-state index in [2.05, 4.69) is 27.4 Å². The SMILES string of the molecule is C=CCn1c(SCC(=O)Nc2ccc3ccccc3c2)nnc1[C@H](C)NC(=O)c1ccccc1C. The van der Waals surface area contributed by atoms with Gasteiger partial charge in [-0.2, -0.15) is 0 Å². The largest absolute Gasteiger partial charge is 0.342 e. The van der Waals surface area contributed by atoms with E-state index in [1.54, 1.807) is 12.1 Å². The van der Waals surface area contributed by atoms with E-state index in [4.69, 9.17) is 0 Å². The van der Waals surface area contributed by atoms with Crippen LogP contribution in [0.4, 0.5) is 5.69 Å². The number of thioether (sulfide) groups is 1. The molecule has 7 nitrogen and oxygen atoms in total. The number of aromatic nitrogens is 3. The number of fused-ring (bicyclic) bond motifs is 1. The summed E-state index contributed by atoms with van der Waals surface area (Å²) in [7, 11) is 0. The van der Waals surface area contributed by atoms with Crippen LogP contribution in [0.1, 0.15) is 34.7 Å². The lowest BCUT2D eigenvalue weighted by Crippen LogP contribution is -2.29. The van der Waals surface area contributed by atoms with E-state index in [-0.39, 0.29) is 23.6 Å². The Kier molecular flexibility index (Phi) is 7.62. The van der Waals surface area contributed by atoms with Crippen molar-refractivity contribution < 1.29 is 9.59 Å². The Morgan fingerprint density at radius 1 is 1.06 bits per heavy atom. The molecule has 0 aliphatic carbocycles. The molecule has 0 saturated carbocycles. The summed E-state index contributed by atoms with van der Waals surface area (Å²) in [6.07, 6.45) is 1.74. The maximum Gasteiger partial charge on any atom is 0.252 e. The molecule has 0 unspecified atom stereocenters. The van der Waals surface area contributed by atoms with Gasteiger partial charge < -0.3 is 15.2 Å². The number of carbonyl (C=O) groups excluding carboxylic acids is 2. The van der Waals surface area contributed by atoms with Gasteiger partial charge in [-0.25, -0.2) is 0 Å². The molecule has 3 aromatic carbocycles. The highest BCUT2D eigenvalue weighted by molar-refractivity contribution is 7.99. The van der Waals surface area contributed by atoms with Gasteiger partial charge in [0.15, 0.2) is 11.0 Å². The van der Waals surface area contributed by atoms with Crippen molar-refractivity contribution in [3.8, 4) is 0 Å². The van der Waals surface area contributed by atoms with Crippen LogP contribution in [0.3, 0.4) is 0 Å². The highest BCUT2D eigenvalue weighted by Gasteiger charge is 2.21. The summed E-state index contributed by atoms with van der Waals surface area (Å²) in [6.45, 7) is 8.04. The fraction of sp³-hybridized carbons (Fsp3) is 0.185. The Labute approximate surface area is 208 Å². The average molecular weight is 486 g/mol. The summed E-state index contributed by atoms with van der Waals surface area (Å²) in [6, 6.07) is 20.9. The predicted molar refractivity (Wildman–Crippen MR) is 141 cm³/mol. The summed E-state index contributed by atoms with van der Waals surface area (Å²) < 4.78 is 1.86. The lowest BCUT2D eigenvalue weighted by atomic mass is 10.1. The van der Waals surface area contributed by atoms with Gasteiger partial charge in [0.25, 0.3) is 5.91 Å². The number of anilines is 1. The van der Waals surface area contributed by atoms with E-state index in [0.717, 1.165) is 22.0 Å². The number of allylic oxidation sites excluding steroid dienone is 1. The number of nitrogens with zero attached hydrogens (tertiary/aromatic N) is 3. The third-order valence-electron chi connectivity index (χ3n) is 5.55. The molecule has 8 heteroatoms. The van der Waals surface area contributed by atoms with Crippen LogP contribution in [0.5, 0.6) is 0 Å². The fourth-order valence-electron chi connectivity index (χ4n) is 3.79. The monoisotopic (exact) mass is 485 g/mol. The van der Waals surface area contributed by atoms with Gasteiger partial charge in [0.2, 0.25) is 5.91 Å². The molecule has 2 N–H and O–H groups in total. The number of amides is 2. The molecule has 178 valence electrons. The van der Waals surface area contributed by atoms with Crippen LogP contribution in [0.2, 0.25) is 0 Å². The molecule has 1 atom stereocenters. The first-order valence-electron chi connectivity index (χ1n) is 11.3. The molecule has 0 fully saturated rings. The van der Waals surface area contributed by atoms with Crippen LogP contribution in [0, 0.1) is 6.92 Å². The second kappa shape index (κ2) is 11.0. The first-order chi connectivity index (χ1) is 17.0. The van der Waals surface area contributed by atoms with Crippen LogP contribution in [0.25, 0.3) is 10.8 Å². The van der Waals surface area contributed by atoms with Gasteiger partial charge in [0.05, 0.1) is 11.8 Å². The quantitative estimate of drug-likeness (QED) is 0.253. The van der Waals surface area contributed by atoms with Crippen molar-refractivity contribution in [1.29, 1.82) is 0 Å². The van der Waals surface area contributed by atoms with Gasteiger partial charge in [0, 0.05) is 17.8 Å². The van der Waals surface area contributed by atoms with E-state index in [9.17, 15) is 9.59 Å². The molecular weight excluding hydrogens is 458 g/mol. The molecule has 0 spiro atoms. The molecule has 1 heterocycles. The zero-order chi connectivity index (χ0) is 24.8. The van der Waals surface area contributed by atoms with Gasteiger partial charge in [0.1, 0.15) is 0 Å². The van der Waals surface area contributed by atoms with Gasteiger partial charge in [-0.1, -0.05) is 66.4 Å². The Balaban J connectivity index is 1.42. The lowest BCUT2D eigenvalue weighted by Gasteiger charge is -2.16. The maximum atomic E-state index is 12.7. The molecular formula is C27H27N5O2S. The molecule has 0 radical (unpaired) electrons. The van der Waals surface area contributed by atoms with Gasteiger partial charge in [-0.05, 0) is 48.4 Å². The summed E-state index contributed by atoms with van der Waals surface area (Å²) in [5.41, 5.74) is 2.27. The fourth-order valence-corrected chi connectivity index (χ4v) is 4.54. The van der Waals surface area contributed by atoms with Crippen molar-refractivity contribution in [1.82, 2.24) is 20.1 Å². The summed E-state index contributed by atoms with van der Waals surface area (Å²) >= 11 is 1.29. The molecule has 2 amide bonds. The standard InChI is InChI=1S/C27H27N5O2S/c1-4-15-32-25(19(3)28-26(34)23-12-8-5-9-18(23)2)30-31-27(32)35-17-24(33)29-22-14-13-20-10-6-7-11-21(20)16-22/h4-14,16,19H,1,15,17H2,2-3H3,(H,28,34)(H,29,33)/t19-/m0/s1. The Morgan fingerprint density at radius 3 is 2.57 bits per heavy atom. The van der Waals surface area contributed by atoms with Crippen molar-refractivity contribution >= 4 is 40.0 Å². The van der Waals surface area contributed by atoms with E-state index in [0.29, 0.717) is 23.1 Å². The van der Waals surface area contributed by atoms with Gasteiger partial charge >= 0.3 is 0 Å². The second-order valence-electron chi connectivity index (χ2n) is 8.15. The van der Waals surface area contributed by atoms with Crippen molar-refractivity contribution in [2.45, 2.75) is 31.6 Å². The van der Waals surface area contributed by atoms with Crippen molar-refractivity contribution in [3.05, 3.63) is 96.3 Å². The normalized spacial score (nSPS) is 11.7. The Hall–Kier alpha value is -3.91. The Morgan fingerprint density at radius 2 is 1.80 bits per heavy atom. The average Bonchev–Trinajstić information content (AvgIpc) is 3.26. The summed E-state index contributed by atoms with van der Waals surface area (Å²) in [5.74, 6) is 0.462. The van der Waals surface area contributed by atoms with Crippen LogP contribution in [-0.2, 0) is 11.3 Å². The van der Waals surface area contributed by atoms with Crippen molar-refractivity contribution in [2.75, 3.05) is 11.1 Å². The zero-order valence-electron chi connectivity index (χ0n) is 19.7. The van der Waals surface area contributed by atoms with E-state index < -0.39 is 0 Å². The second-order valence-corrected chi connectivity index (χ2v) is 9.09. The van der Waals surface area contributed by atoms with Gasteiger partial charge in [-0.15, -0.1) is 16.8 Å². The molecule has 1 aromatic heterocycles. The third kappa shape index (κ3) is 5.78. The highest BCUT2D eigenvalue weighted by atomic mass is 32.2. The number of carbonyl (C=O) groups is 2. The maximum absolute atomic E-state index is 12.7. The van der Waals surface area contributed by atoms with Crippen LogP contribution in [0.15, 0.2) is 84.5 Å². The van der Waals surface area contributed by atoms with Crippen molar-refractivity contribution in [3.63, 3.8) is 0 Å². The molecule has 0 saturated heterocycles. The van der Waals surface area contributed by atoms with Gasteiger partial charge in [-0.3, -0.25) is 9.59 Å². The number of hydrogen-bond acceptors (Lipinski definition) is 5.